The number of fused-ring (bicyclic) bond motifs is 4. The number of thiophene rings is 1. The fourth-order valence-corrected chi connectivity index (χ4v) is 4.99. The molecule has 3 aromatic rings. The lowest BCUT2D eigenvalue weighted by Gasteiger charge is -2.48. The highest BCUT2D eigenvalue weighted by atomic mass is 32.1. The van der Waals surface area contributed by atoms with Gasteiger partial charge < -0.3 is 9.47 Å². The monoisotopic (exact) mass is 449 g/mol. The number of hydrogen-bond donors (Lipinski definition) is 0. The van der Waals surface area contributed by atoms with E-state index in [0.717, 1.165) is 23.8 Å². The molecule has 0 amide bonds. The van der Waals surface area contributed by atoms with E-state index >= 15 is 0 Å². The van der Waals surface area contributed by atoms with Gasteiger partial charge in [0.2, 0.25) is 5.88 Å². The average molecular weight is 449 g/mol. The molecule has 0 aliphatic carbocycles. The third-order valence-corrected chi connectivity index (χ3v) is 6.68. The summed E-state index contributed by atoms with van der Waals surface area (Å²) in [4.78, 5) is 13.1. The van der Waals surface area contributed by atoms with E-state index in [1.807, 2.05) is 29.6 Å². The van der Waals surface area contributed by atoms with Gasteiger partial charge in [0, 0.05) is 35.3 Å². The van der Waals surface area contributed by atoms with E-state index in [-0.39, 0.29) is 11.8 Å². The summed E-state index contributed by atoms with van der Waals surface area (Å²) in [5, 5.41) is 11.5. The lowest BCUT2D eigenvalue weighted by Crippen LogP contribution is -2.61. The first-order valence-electron chi connectivity index (χ1n) is 9.88. The first-order chi connectivity index (χ1) is 14.9. The fraction of sp³-hybridized carbons (Fsp3) is 0.381. The molecule has 1 aromatic carbocycles. The molecular weight excluding hydrogens is 431 g/mol. The Morgan fingerprint density at radius 2 is 1.90 bits per heavy atom. The minimum atomic E-state index is -5.05. The van der Waals surface area contributed by atoms with Crippen LogP contribution in [0, 0.1) is 5.92 Å². The number of alkyl halides is 3. The van der Waals surface area contributed by atoms with Gasteiger partial charge in [-0.2, -0.15) is 13.2 Å². The smallest absolute Gasteiger partial charge is 0.468 e. The van der Waals surface area contributed by atoms with Crippen LogP contribution < -0.4 is 4.74 Å². The third kappa shape index (κ3) is 3.97. The quantitative estimate of drug-likeness (QED) is 0.555. The molecule has 162 valence electrons. The molecule has 0 radical (unpaired) electrons. The van der Waals surface area contributed by atoms with Gasteiger partial charge >= 0.3 is 12.1 Å². The highest BCUT2D eigenvalue weighted by Gasteiger charge is 2.50. The standard InChI is InChI=1S/C21H18F3N3O3S/c22-21(23,24)20(28)30-19-18(12-5-8-27(19)9-6-12)29-17-4-2-15(25-26-17)13-1-3-16-14(11-13)7-10-31-16/h1-4,7,10-12,18-19H,5-6,8-9H2/t18-,19?/m1/s1. The van der Waals surface area contributed by atoms with Crippen LogP contribution in [0.25, 0.3) is 21.3 Å². The number of benzene rings is 1. The van der Waals surface area contributed by atoms with Crippen LogP contribution in [0.1, 0.15) is 12.8 Å². The number of ether oxygens (including phenoxy) is 2. The van der Waals surface area contributed by atoms with Crippen molar-refractivity contribution in [1.82, 2.24) is 15.1 Å². The van der Waals surface area contributed by atoms with Gasteiger partial charge in [0.15, 0.2) is 12.3 Å². The molecule has 5 heterocycles. The van der Waals surface area contributed by atoms with E-state index in [0.29, 0.717) is 18.8 Å². The summed E-state index contributed by atoms with van der Waals surface area (Å²) in [6.07, 6.45) is -5.35. The number of carbonyl (C=O) groups excluding carboxylic acids is 1. The van der Waals surface area contributed by atoms with Gasteiger partial charge in [0.25, 0.3) is 0 Å². The van der Waals surface area contributed by atoms with Crippen LogP contribution in [0.5, 0.6) is 5.88 Å². The normalized spacial score (nSPS) is 25.5. The Balaban J connectivity index is 1.34. The van der Waals surface area contributed by atoms with Crippen molar-refractivity contribution in [3.05, 3.63) is 41.8 Å². The van der Waals surface area contributed by atoms with Crippen molar-refractivity contribution in [1.29, 1.82) is 0 Å². The summed E-state index contributed by atoms with van der Waals surface area (Å²) < 4.78 is 50.1. The molecule has 2 bridgehead atoms. The van der Waals surface area contributed by atoms with E-state index in [9.17, 15) is 18.0 Å². The third-order valence-electron chi connectivity index (χ3n) is 5.78. The number of esters is 1. The van der Waals surface area contributed by atoms with E-state index < -0.39 is 24.5 Å². The second-order valence-electron chi connectivity index (χ2n) is 7.68. The zero-order chi connectivity index (χ0) is 21.6. The lowest BCUT2D eigenvalue weighted by molar-refractivity contribution is -0.233. The van der Waals surface area contributed by atoms with Crippen molar-refractivity contribution in [3.8, 4) is 17.1 Å². The van der Waals surface area contributed by atoms with Crippen LogP contribution in [0.2, 0.25) is 0 Å². The number of halogens is 3. The highest BCUT2D eigenvalue weighted by molar-refractivity contribution is 7.17. The molecule has 1 unspecified atom stereocenters. The number of aromatic nitrogens is 2. The van der Waals surface area contributed by atoms with Crippen LogP contribution >= 0.6 is 11.3 Å². The summed E-state index contributed by atoms with van der Waals surface area (Å²) in [7, 11) is 0. The first kappa shape index (κ1) is 20.2. The Morgan fingerprint density at radius 3 is 2.61 bits per heavy atom. The van der Waals surface area contributed by atoms with Crippen molar-refractivity contribution in [2.75, 3.05) is 13.1 Å². The number of carbonyl (C=O) groups is 1. The maximum Gasteiger partial charge on any atom is 0.490 e. The molecule has 0 spiro atoms. The maximum atomic E-state index is 12.7. The molecule has 3 fully saturated rings. The minimum Gasteiger partial charge on any atom is -0.468 e. The fourth-order valence-electron chi connectivity index (χ4n) is 4.22. The highest BCUT2D eigenvalue weighted by Crippen LogP contribution is 2.36. The first-order valence-corrected chi connectivity index (χ1v) is 10.8. The molecule has 0 saturated carbocycles. The Hall–Kier alpha value is -2.72. The van der Waals surface area contributed by atoms with E-state index in [4.69, 9.17) is 9.47 Å². The topological polar surface area (TPSA) is 64.5 Å². The summed E-state index contributed by atoms with van der Waals surface area (Å²) >= 11 is 1.66. The predicted octanol–water partition coefficient (Wildman–Crippen LogP) is 4.26. The Bertz CT molecular complexity index is 1090. The predicted molar refractivity (Wildman–Crippen MR) is 107 cm³/mol. The Morgan fingerprint density at radius 1 is 1.10 bits per heavy atom. The van der Waals surface area contributed by atoms with Gasteiger partial charge in [-0.05, 0) is 47.9 Å². The van der Waals surface area contributed by atoms with Crippen molar-refractivity contribution in [2.24, 2.45) is 5.92 Å². The summed E-state index contributed by atoms with van der Waals surface area (Å²) in [5.74, 6) is -2.03. The van der Waals surface area contributed by atoms with E-state index in [2.05, 4.69) is 10.2 Å². The number of piperidine rings is 3. The number of hydrogen-bond acceptors (Lipinski definition) is 7. The summed E-state index contributed by atoms with van der Waals surface area (Å²) in [5.41, 5.74) is 1.57. The molecule has 3 aliphatic heterocycles. The molecule has 10 heteroatoms. The van der Waals surface area contributed by atoms with Gasteiger partial charge in [-0.15, -0.1) is 21.5 Å². The molecule has 6 rings (SSSR count). The summed E-state index contributed by atoms with van der Waals surface area (Å²) in [6.45, 7) is 1.13. The molecule has 6 nitrogen and oxygen atoms in total. The maximum absolute atomic E-state index is 12.7. The van der Waals surface area contributed by atoms with Gasteiger partial charge in [-0.3, -0.25) is 4.90 Å². The van der Waals surface area contributed by atoms with Crippen LogP contribution in [0.3, 0.4) is 0 Å². The van der Waals surface area contributed by atoms with Crippen LogP contribution in [-0.2, 0) is 9.53 Å². The van der Waals surface area contributed by atoms with Gasteiger partial charge in [0.05, 0.1) is 5.69 Å². The largest absolute Gasteiger partial charge is 0.490 e. The van der Waals surface area contributed by atoms with Crippen LogP contribution in [-0.4, -0.2) is 52.7 Å². The van der Waals surface area contributed by atoms with E-state index in [1.165, 1.54) is 4.70 Å². The zero-order valence-corrected chi connectivity index (χ0v) is 17.0. The average Bonchev–Trinajstić information content (AvgIpc) is 3.24. The van der Waals surface area contributed by atoms with Crippen molar-refractivity contribution < 1.29 is 27.4 Å². The Labute approximate surface area is 179 Å². The van der Waals surface area contributed by atoms with Gasteiger partial charge in [-0.1, -0.05) is 6.07 Å². The molecule has 2 atom stereocenters. The molecule has 31 heavy (non-hydrogen) atoms. The van der Waals surface area contributed by atoms with Crippen LogP contribution in [0.4, 0.5) is 13.2 Å². The lowest BCUT2D eigenvalue weighted by atomic mass is 9.84. The second-order valence-corrected chi connectivity index (χ2v) is 8.63. The van der Waals surface area contributed by atoms with Crippen LogP contribution in [0.15, 0.2) is 41.8 Å². The molecule has 2 aromatic heterocycles. The number of nitrogens with zero attached hydrogens (tertiary/aromatic N) is 3. The summed E-state index contributed by atoms with van der Waals surface area (Å²) in [6, 6.07) is 11.4. The number of rotatable bonds is 4. The minimum absolute atomic E-state index is 0.0153. The zero-order valence-electron chi connectivity index (χ0n) is 16.2. The molecule has 3 aliphatic rings. The Kier molecular flexibility index (Phi) is 5.05. The van der Waals surface area contributed by atoms with Gasteiger partial charge in [-0.25, -0.2) is 4.79 Å². The second kappa shape index (κ2) is 7.76. The molecule has 0 N–H and O–H groups in total. The molecule has 3 saturated heterocycles. The SMILES string of the molecule is O=C(OC1[C@H](Oc2ccc(-c3ccc4sccc4c3)nn2)C2CCN1CC2)C(F)(F)F. The van der Waals surface area contributed by atoms with Gasteiger partial charge in [0.1, 0.15) is 0 Å². The van der Waals surface area contributed by atoms with Crippen molar-refractivity contribution in [2.45, 2.75) is 31.3 Å². The van der Waals surface area contributed by atoms with Crippen molar-refractivity contribution >= 4 is 27.4 Å². The molecular formula is C21H18F3N3O3S. The van der Waals surface area contributed by atoms with Crippen molar-refractivity contribution in [3.63, 3.8) is 0 Å². The van der Waals surface area contributed by atoms with E-state index in [1.54, 1.807) is 28.4 Å².